The van der Waals surface area contributed by atoms with Gasteiger partial charge in [-0.2, -0.15) is 0 Å². The molecule has 3 rings (SSSR count). The Kier molecular flexibility index (Phi) is 3.50. The SMILES string of the molecule is COc1cc(Cn2cnc3c(nnn3C)c2=O)cc(OC)c1. The van der Waals surface area contributed by atoms with Crippen molar-refractivity contribution in [1.82, 2.24) is 24.5 Å². The largest absolute Gasteiger partial charge is 0.497 e. The van der Waals surface area contributed by atoms with E-state index < -0.39 is 0 Å². The van der Waals surface area contributed by atoms with E-state index >= 15 is 0 Å². The number of ether oxygens (including phenoxy) is 2. The summed E-state index contributed by atoms with van der Waals surface area (Å²) in [5, 5.41) is 7.67. The first-order valence-corrected chi connectivity index (χ1v) is 6.59. The fourth-order valence-electron chi connectivity index (χ4n) is 2.22. The Morgan fingerprint density at radius 2 is 1.82 bits per heavy atom. The number of benzene rings is 1. The van der Waals surface area contributed by atoms with Crippen LogP contribution >= 0.6 is 0 Å². The Balaban J connectivity index is 2.03. The molecule has 0 saturated carbocycles. The monoisotopic (exact) mass is 301 g/mol. The summed E-state index contributed by atoms with van der Waals surface area (Å²) in [6.45, 7) is 0.339. The molecule has 1 aromatic carbocycles. The molecule has 0 bridgehead atoms. The van der Waals surface area contributed by atoms with Gasteiger partial charge in [-0.05, 0) is 17.7 Å². The smallest absolute Gasteiger partial charge is 0.283 e. The standard InChI is InChI=1S/C14H15N5O3/c1-18-13-12(16-17-18)14(20)19(8-15-13)7-9-4-10(21-2)6-11(5-9)22-3/h4-6,8H,7H2,1-3H3. The molecule has 3 aromatic rings. The summed E-state index contributed by atoms with van der Waals surface area (Å²) in [6, 6.07) is 5.46. The van der Waals surface area contributed by atoms with Gasteiger partial charge in [-0.3, -0.25) is 9.36 Å². The van der Waals surface area contributed by atoms with E-state index in [1.165, 1.54) is 15.6 Å². The first kappa shape index (κ1) is 14.1. The third kappa shape index (κ3) is 2.39. The van der Waals surface area contributed by atoms with Crippen LogP contribution in [0.4, 0.5) is 0 Å². The molecule has 0 unspecified atom stereocenters. The first-order chi connectivity index (χ1) is 10.6. The van der Waals surface area contributed by atoms with Crippen LogP contribution in [0, 0.1) is 0 Å². The van der Waals surface area contributed by atoms with Crippen LogP contribution in [0.3, 0.4) is 0 Å². The lowest BCUT2D eigenvalue weighted by atomic mass is 10.2. The molecule has 0 fully saturated rings. The predicted molar refractivity (Wildman–Crippen MR) is 79.2 cm³/mol. The topological polar surface area (TPSA) is 84.1 Å². The average molecular weight is 301 g/mol. The van der Waals surface area contributed by atoms with Crippen molar-refractivity contribution in [2.75, 3.05) is 14.2 Å². The first-order valence-electron chi connectivity index (χ1n) is 6.59. The number of aryl methyl sites for hydroxylation is 1. The second-order valence-electron chi connectivity index (χ2n) is 4.78. The van der Waals surface area contributed by atoms with Crippen molar-refractivity contribution in [1.29, 1.82) is 0 Å². The molecule has 0 N–H and O–H groups in total. The molecule has 0 radical (unpaired) electrons. The van der Waals surface area contributed by atoms with Gasteiger partial charge in [0.2, 0.25) is 0 Å². The lowest BCUT2D eigenvalue weighted by Crippen LogP contribution is -2.21. The fourth-order valence-corrected chi connectivity index (χ4v) is 2.22. The van der Waals surface area contributed by atoms with Crippen LogP contribution in [0.2, 0.25) is 0 Å². The van der Waals surface area contributed by atoms with Gasteiger partial charge in [0.1, 0.15) is 17.8 Å². The Bertz CT molecular complexity index is 862. The Morgan fingerprint density at radius 1 is 1.14 bits per heavy atom. The zero-order valence-electron chi connectivity index (χ0n) is 12.5. The van der Waals surface area contributed by atoms with Gasteiger partial charge in [0, 0.05) is 13.1 Å². The molecule has 0 aliphatic heterocycles. The van der Waals surface area contributed by atoms with Crippen LogP contribution in [-0.2, 0) is 13.6 Å². The van der Waals surface area contributed by atoms with E-state index in [0.29, 0.717) is 23.7 Å². The summed E-state index contributed by atoms with van der Waals surface area (Å²) in [5.74, 6) is 1.33. The summed E-state index contributed by atoms with van der Waals surface area (Å²) in [6.07, 6.45) is 1.49. The van der Waals surface area contributed by atoms with E-state index in [4.69, 9.17) is 9.47 Å². The highest BCUT2D eigenvalue weighted by Gasteiger charge is 2.11. The molecular weight excluding hydrogens is 286 g/mol. The van der Waals surface area contributed by atoms with Gasteiger partial charge >= 0.3 is 0 Å². The van der Waals surface area contributed by atoms with E-state index in [2.05, 4.69) is 15.3 Å². The summed E-state index contributed by atoms with van der Waals surface area (Å²) < 4.78 is 13.4. The van der Waals surface area contributed by atoms with E-state index in [1.807, 2.05) is 12.1 Å². The molecule has 2 heterocycles. The van der Waals surface area contributed by atoms with E-state index in [9.17, 15) is 4.79 Å². The molecule has 0 aliphatic carbocycles. The Labute approximate surface area is 125 Å². The van der Waals surface area contributed by atoms with Gasteiger partial charge in [-0.1, -0.05) is 5.21 Å². The van der Waals surface area contributed by atoms with Gasteiger partial charge in [0.25, 0.3) is 5.56 Å². The van der Waals surface area contributed by atoms with Crippen LogP contribution in [0.5, 0.6) is 11.5 Å². The van der Waals surface area contributed by atoms with E-state index in [0.717, 1.165) is 5.56 Å². The minimum absolute atomic E-state index is 0.236. The lowest BCUT2D eigenvalue weighted by Gasteiger charge is -2.09. The minimum atomic E-state index is -0.236. The summed E-state index contributed by atoms with van der Waals surface area (Å²) >= 11 is 0. The predicted octanol–water partition coefficient (Wildman–Crippen LogP) is 0.590. The molecule has 0 atom stereocenters. The van der Waals surface area contributed by atoms with Crippen molar-refractivity contribution in [3.05, 3.63) is 40.4 Å². The zero-order chi connectivity index (χ0) is 15.7. The molecular formula is C14H15N5O3. The number of hydrogen-bond donors (Lipinski definition) is 0. The molecule has 8 heteroatoms. The summed E-state index contributed by atoms with van der Waals surface area (Å²) in [7, 11) is 4.86. The molecule has 2 aromatic heterocycles. The molecule has 0 aliphatic rings. The van der Waals surface area contributed by atoms with Gasteiger partial charge < -0.3 is 9.47 Å². The number of methoxy groups -OCH3 is 2. The fraction of sp³-hybridized carbons (Fsp3) is 0.286. The molecule has 114 valence electrons. The second-order valence-corrected chi connectivity index (χ2v) is 4.78. The maximum atomic E-state index is 12.4. The van der Waals surface area contributed by atoms with Crippen LogP contribution in [0.15, 0.2) is 29.3 Å². The van der Waals surface area contributed by atoms with Gasteiger partial charge in [0.15, 0.2) is 11.2 Å². The van der Waals surface area contributed by atoms with E-state index in [-0.39, 0.29) is 11.1 Å². The molecule has 8 nitrogen and oxygen atoms in total. The third-order valence-electron chi connectivity index (χ3n) is 3.34. The van der Waals surface area contributed by atoms with Crippen LogP contribution < -0.4 is 15.0 Å². The lowest BCUT2D eigenvalue weighted by molar-refractivity contribution is 0.393. The number of hydrogen-bond acceptors (Lipinski definition) is 6. The Morgan fingerprint density at radius 3 is 2.45 bits per heavy atom. The highest BCUT2D eigenvalue weighted by Crippen LogP contribution is 2.22. The van der Waals surface area contributed by atoms with Crippen LogP contribution in [0.1, 0.15) is 5.56 Å². The highest BCUT2D eigenvalue weighted by molar-refractivity contribution is 5.67. The van der Waals surface area contributed by atoms with Gasteiger partial charge in [-0.15, -0.1) is 5.10 Å². The zero-order valence-corrected chi connectivity index (χ0v) is 12.5. The van der Waals surface area contributed by atoms with Crippen molar-refractivity contribution < 1.29 is 9.47 Å². The highest BCUT2D eigenvalue weighted by atomic mass is 16.5. The van der Waals surface area contributed by atoms with Crippen molar-refractivity contribution >= 4 is 11.2 Å². The molecule has 0 amide bonds. The van der Waals surface area contributed by atoms with Gasteiger partial charge in [-0.25, -0.2) is 9.67 Å². The van der Waals surface area contributed by atoms with E-state index in [1.54, 1.807) is 27.3 Å². The van der Waals surface area contributed by atoms with Gasteiger partial charge in [0.05, 0.1) is 20.8 Å². The quantitative estimate of drug-likeness (QED) is 0.701. The van der Waals surface area contributed by atoms with Crippen LogP contribution in [0.25, 0.3) is 11.2 Å². The maximum Gasteiger partial charge on any atom is 0.283 e. The van der Waals surface area contributed by atoms with Crippen LogP contribution in [-0.4, -0.2) is 38.8 Å². The second kappa shape index (κ2) is 5.47. The molecule has 0 saturated heterocycles. The van der Waals surface area contributed by atoms with Crippen molar-refractivity contribution in [2.45, 2.75) is 6.54 Å². The third-order valence-corrected chi connectivity index (χ3v) is 3.34. The minimum Gasteiger partial charge on any atom is -0.497 e. The Hall–Kier alpha value is -2.90. The van der Waals surface area contributed by atoms with Crippen molar-refractivity contribution in [2.24, 2.45) is 7.05 Å². The van der Waals surface area contributed by atoms with Crippen molar-refractivity contribution in [3.63, 3.8) is 0 Å². The number of rotatable bonds is 4. The molecule has 0 spiro atoms. The average Bonchev–Trinajstić information content (AvgIpc) is 2.91. The summed E-state index contributed by atoms with van der Waals surface area (Å²) in [5.41, 5.74) is 1.34. The number of fused-ring (bicyclic) bond motifs is 1. The number of nitrogens with zero attached hydrogens (tertiary/aromatic N) is 5. The normalized spacial score (nSPS) is 10.9. The molecule has 22 heavy (non-hydrogen) atoms. The number of aromatic nitrogens is 5. The maximum absolute atomic E-state index is 12.4. The summed E-state index contributed by atoms with van der Waals surface area (Å²) in [4.78, 5) is 16.6. The van der Waals surface area contributed by atoms with Crippen molar-refractivity contribution in [3.8, 4) is 11.5 Å².